The second-order valence-electron chi connectivity index (χ2n) is 3.78. The molecular weight excluding hydrogens is 234 g/mol. The molecule has 0 fully saturated rings. The van der Waals surface area contributed by atoms with Gasteiger partial charge in [-0.15, -0.1) is 0 Å². The fourth-order valence-corrected chi connectivity index (χ4v) is 1.56. The van der Waals surface area contributed by atoms with E-state index in [4.69, 9.17) is 9.84 Å². The van der Waals surface area contributed by atoms with E-state index in [2.05, 4.69) is 10.1 Å². The molecule has 0 aliphatic heterocycles. The fourth-order valence-electron chi connectivity index (χ4n) is 1.56. The first kappa shape index (κ1) is 12.3. The van der Waals surface area contributed by atoms with Crippen molar-refractivity contribution in [3.8, 4) is 0 Å². The molecule has 0 bridgehead atoms. The summed E-state index contributed by atoms with van der Waals surface area (Å²) in [5.41, 5.74) is 1.72. The van der Waals surface area contributed by atoms with Gasteiger partial charge < -0.3 is 9.84 Å². The Morgan fingerprint density at radius 3 is 2.78 bits per heavy atom. The Kier molecular flexibility index (Phi) is 3.69. The van der Waals surface area contributed by atoms with Crippen molar-refractivity contribution in [2.24, 2.45) is 7.05 Å². The quantitative estimate of drug-likeness (QED) is 0.859. The lowest BCUT2D eigenvalue weighted by atomic mass is 10.2. The zero-order chi connectivity index (χ0) is 13.0. The molecule has 0 amide bonds. The van der Waals surface area contributed by atoms with Crippen molar-refractivity contribution in [2.75, 3.05) is 0 Å². The molecular formula is C12H13N3O3. The van der Waals surface area contributed by atoms with Gasteiger partial charge in [-0.3, -0.25) is 9.67 Å². The maximum absolute atomic E-state index is 11.0. The summed E-state index contributed by atoms with van der Waals surface area (Å²) in [4.78, 5) is 14.9. The number of aryl methyl sites for hydroxylation is 1. The Morgan fingerprint density at radius 1 is 1.39 bits per heavy atom. The number of aromatic carboxylic acids is 1. The molecule has 0 spiro atoms. The average Bonchev–Trinajstić information content (AvgIpc) is 2.73. The number of nitrogens with zero attached hydrogens (tertiary/aromatic N) is 3. The van der Waals surface area contributed by atoms with Crippen LogP contribution in [0.25, 0.3) is 0 Å². The van der Waals surface area contributed by atoms with Crippen LogP contribution in [0, 0.1) is 0 Å². The van der Waals surface area contributed by atoms with Crippen molar-refractivity contribution in [1.29, 1.82) is 0 Å². The molecule has 0 aliphatic carbocycles. The largest absolute Gasteiger partial charge is 0.478 e. The highest BCUT2D eigenvalue weighted by molar-refractivity contribution is 5.88. The lowest BCUT2D eigenvalue weighted by Crippen LogP contribution is -2.07. The Morgan fingerprint density at radius 2 is 2.11 bits per heavy atom. The summed E-state index contributed by atoms with van der Waals surface area (Å²) in [6, 6.07) is 3.70. The van der Waals surface area contributed by atoms with E-state index in [1.165, 1.54) is 10.9 Å². The molecule has 1 N–H and O–H groups in total. The van der Waals surface area contributed by atoms with Gasteiger partial charge in [-0.2, -0.15) is 5.10 Å². The molecule has 0 radical (unpaired) electrons. The van der Waals surface area contributed by atoms with Crippen molar-refractivity contribution in [3.05, 3.63) is 47.5 Å². The van der Waals surface area contributed by atoms with E-state index in [1.54, 1.807) is 19.4 Å². The van der Waals surface area contributed by atoms with Crippen LogP contribution in [0.4, 0.5) is 0 Å². The van der Waals surface area contributed by atoms with E-state index in [1.807, 2.05) is 12.1 Å². The molecule has 0 aliphatic rings. The minimum absolute atomic E-state index is 0.173. The summed E-state index contributed by atoms with van der Waals surface area (Å²) in [5, 5.41) is 12.9. The van der Waals surface area contributed by atoms with Gasteiger partial charge in [0, 0.05) is 19.4 Å². The van der Waals surface area contributed by atoms with Gasteiger partial charge in [0.2, 0.25) is 0 Å². The second kappa shape index (κ2) is 5.42. The highest BCUT2D eigenvalue weighted by Crippen LogP contribution is 2.10. The minimum Gasteiger partial charge on any atom is -0.478 e. The molecule has 94 valence electrons. The van der Waals surface area contributed by atoms with Gasteiger partial charge >= 0.3 is 5.97 Å². The summed E-state index contributed by atoms with van der Waals surface area (Å²) in [5.74, 6) is -0.995. The number of carboxylic acid groups (broad SMARTS) is 1. The highest BCUT2D eigenvalue weighted by atomic mass is 16.5. The summed E-state index contributed by atoms with van der Waals surface area (Å²) in [6.45, 7) is 0.618. The van der Waals surface area contributed by atoms with Gasteiger partial charge in [-0.05, 0) is 17.7 Å². The molecule has 0 saturated carbocycles. The van der Waals surface area contributed by atoms with Crippen LogP contribution in [0.2, 0.25) is 0 Å². The zero-order valence-electron chi connectivity index (χ0n) is 9.91. The first-order valence-electron chi connectivity index (χ1n) is 5.39. The number of carboxylic acids is 1. The Bertz CT molecular complexity index is 537. The van der Waals surface area contributed by atoms with Crippen LogP contribution >= 0.6 is 0 Å². The number of ether oxygens (including phenoxy) is 1. The van der Waals surface area contributed by atoms with Crippen molar-refractivity contribution in [3.63, 3.8) is 0 Å². The molecule has 2 aromatic rings. The minimum atomic E-state index is -0.995. The van der Waals surface area contributed by atoms with Gasteiger partial charge in [0.25, 0.3) is 0 Å². The van der Waals surface area contributed by atoms with Crippen molar-refractivity contribution in [1.82, 2.24) is 14.8 Å². The molecule has 6 nitrogen and oxygen atoms in total. The van der Waals surface area contributed by atoms with E-state index >= 15 is 0 Å². The van der Waals surface area contributed by atoms with E-state index in [9.17, 15) is 4.79 Å². The SMILES string of the molecule is Cn1ncc(C(=O)O)c1COCc1ccncc1. The van der Waals surface area contributed by atoms with Gasteiger partial charge in [0.15, 0.2) is 0 Å². The Labute approximate surface area is 104 Å². The first-order chi connectivity index (χ1) is 8.68. The molecule has 0 unspecified atom stereocenters. The maximum Gasteiger partial charge on any atom is 0.339 e. The van der Waals surface area contributed by atoms with Crippen LogP contribution in [0.1, 0.15) is 21.6 Å². The number of hydrogen-bond donors (Lipinski definition) is 1. The van der Waals surface area contributed by atoms with E-state index in [0.29, 0.717) is 12.3 Å². The molecule has 2 heterocycles. The van der Waals surface area contributed by atoms with Gasteiger partial charge in [0.05, 0.1) is 25.1 Å². The predicted octanol–water partition coefficient (Wildman–Crippen LogP) is 1.23. The third kappa shape index (κ3) is 2.72. The normalized spacial score (nSPS) is 10.5. The van der Waals surface area contributed by atoms with E-state index in [-0.39, 0.29) is 12.2 Å². The molecule has 2 rings (SSSR count). The monoisotopic (exact) mass is 247 g/mol. The molecule has 0 saturated heterocycles. The third-order valence-electron chi connectivity index (χ3n) is 2.55. The lowest BCUT2D eigenvalue weighted by molar-refractivity contribution is 0.0681. The number of aromatic nitrogens is 3. The van der Waals surface area contributed by atoms with Crippen LogP contribution in [0.15, 0.2) is 30.7 Å². The van der Waals surface area contributed by atoms with Gasteiger partial charge in [-0.1, -0.05) is 0 Å². The van der Waals surface area contributed by atoms with Crippen molar-refractivity contribution < 1.29 is 14.6 Å². The smallest absolute Gasteiger partial charge is 0.339 e. The topological polar surface area (TPSA) is 77.2 Å². The summed E-state index contributed by atoms with van der Waals surface area (Å²) in [7, 11) is 1.69. The molecule has 18 heavy (non-hydrogen) atoms. The predicted molar refractivity (Wildman–Crippen MR) is 62.9 cm³/mol. The molecule has 2 aromatic heterocycles. The van der Waals surface area contributed by atoms with Crippen molar-refractivity contribution >= 4 is 5.97 Å². The summed E-state index contributed by atoms with van der Waals surface area (Å²) >= 11 is 0. The first-order valence-corrected chi connectivity index (χ1v) is 5.39. The second-order valence-corrected chi connectivity index (χ2v) is 3.78. The van der Waals surface area contributed by atoms with Crippen LogP contribution in [0.3, 0.4) is 0 Å². The van der Waals surface area contributed by atoms with Crippen LogP contribution in [-0.4, -0.2) is 25.8 Å². The zero-order valence-corrected chi connectivity index (χ0v) is 9.91. The fraction of sp³-hybridized carbons (Fsp3) is 0.250. The molecule has 0 atom stereocenters. The summed E-state index contributed by atoms with van der Waals surface area (Å²) in [6.07, 6.45) is 4.70. The molecule has 0 aromatic carbocycles. The van der Waals surface area contributed by atoms with Crippen LogP contribution in [-0.2, 0) is 25.0 Å². The van der Waals surface area contributed by atoms with E-state index < -0.39 is 5.97 Å². The maximum atomic E-state index is 11.0. The van der Waals surface area contributed by atoms with Crippen molar-refractivity contribution in [2.45, 2.75) is 13.2 Å². The Balaban J connectivity index is 1.98. The summed E-state index contributed by atoms with van der Waals surface area (Å²) < 4.78 is 6.99. The number of hydrogen-bond acceptors (Lipinski definition) is 4. The van der Waals surface area contributed by atoms with E-state index in [0.717, 1.165) is 5.56 Å². The van der Waals surface area contributed by atoms with Gasteiger partial charge in [0.1, 0.15) is 5.56 Å². The lowest BCUT2D eigenvalue weighted by Gasteiger charge is -2.06. The average molecular weight is 247 g/mol. The number of rotatable bonds is 5. The third-order valence-corrected chi connectivity index (χ3v) is 2.55. The number of carbonyl (C=O) groups is 1. The Hall–Kier alpha value is -2.21. The van der Waals surface area contributed by atoms with Crippen LogP contribution < -0.4 is 0 Å². The highest BCUT2D eigenvalue weighted by Gasteiger charge is 2.14. The number of pyridine rings is 1. The molecule has 6 heteroatoms. The van der Waals surface area contributed by atoms with Gasteiger partial charge in [-0.25, -0.2) is 4.79 Å². The van der Waals surface area contributed by atoms with Crippen LogP contribution in [0.5, 0.6) is 0 Å². The standard InChI is InChI=1S/C12H13N3O3/c1-15-11(10(6-14-15)12(16)17)8-18-7-9-2-4-13-5-3-9/h2-6H,7-8H2,1H3,(H,16,17).